The Kier molecular flexibility index (Phi) is 5.32. The van der Waals surface area contributed by atoms with Crippen LogP contribution in [-0.2, 0) is 4.74 Å². The lowest BCUT2D eigenvalue weighted by atomic mass is 10.1. The third-order valence-electron chi connectivity index (χ3n) is 3.17. The Bertz CT molecular complexity index is 524. The molecule has 1 saturated heterocycles. The molecule has 0 aromatic heterocycles. The van der Waals surface area contributed by atoms with Crippen LogP contribution in [0.25, 0.3) is 0 Å². The molecule has 1 aliphatic heterocycles. The normalized spacial score (nSPS) is 19.0. The van der Waals surface area contributed by atoms with Gasteiger partial charge in [-0.05, 0) is 45.7 Å². The molecule has 0 aliphatic carbocycles. The van der Waals surface area contributed by atoms with Gasteiger partial charge in [-0.2, -0.15) is 0 Å². The molecule has 1 amide bonds. The summed E-state index contributed by atoms with van der Waals surface area (Å²) in [7, 11) is 0. The van der Waals surface area contributed by atoms with Gasteiger partial charge in [-0.3, -0.25) is 0 Å². The fourth-order valence-corrected chi connectivity index (χ4v) is 2.76. The molecule has 1 heterocycles. The average Bonchev–Trinajstić information content (AvgIpc) is 2.35. The van der Waals surface area contributed by atoms with Crippen LogP contribution in [0.2, 0.25) is 0 Å². The van der Waals surface area contributed by atoms with Crippen molar-refractivity contribution in [2.45, 2.75) is 45.3 Å². The van der Waals surface area contributed by atoms with Crippen LogP contribution in [0, 0.1) is 5.82 Å². The first kappa shape index (κ1) is 17.1. The highest BCUT2D eigenvalue weighted by Gasteiger charge is 2.28. The molecule has 1 aliphatic rings. The summed E-state index contributed by atoms with van der Waals surface area (Å²) in [5, 5.41) is 0. The number of amides is 1. The second kappa shape index (κ2) is 6.86. The SMILES string of the molecule is CC(C)(C)OC(=O)N1CCCC(Oc2cc(F)cc(Br)c2)C1. The summed E-state index contributed by atoms with van der Waals surface area (Å²) in [5.74, 6) is 0.104. The number of ether oxygens (including phenoxy) is 2. The van der Waals surface area contributed by atoms with E-state index in [9.17, 15) is 9.18 Å². The van der Waals surface area contributed by atoms with Crippen LogP contribution in [0.15, 0.2) is 22.7 Å². The third kappa shape index (κ3) is 5.16. The molecule has 0 radical (unpaired) electrons. The van der Waals surface area contributed by atoms with Crippen LogP contribution >= 0.6 is 15.9 Å². The zero-order chi connectivity index (χ0) is 16.3. The molecule has 122 valence electrons. The number of nitrogens with zero attached hydrogens (tertiary/aromatic N) is 1. The van der Waals surface area contributed by atoms with E-state index in [4.69, 9.17) is 9.47 Å². The minimum absolute atomic E-state index is 0.157. The van der Waals surface area contributed by atoms with E-state index in [2.05, 4.69) is 15.9 Å². The largest absolute Gasteiger partial charge is 0.488 e. The van der Waals surface area contributed by atoms with Gasteiger partial charge < -0.3 is 14.4 Å². The van der Waals surface area contributed by atoms with Gasteiger partial charge in [0, 0.05) is 17.1 Å². The summed E-state index contributed by atoms with van der Waals surface area (Å²) in [4.78, 5) is 13.7. The minimum Gasteiger partial charge on any atom is -0.488 e. The minimum atomic E-state index is -0.516. The highest BCUT2D eigenvalue weighted by Crippen LogP contribution is 2.24. The van der Waals surface area contributed by atoms with Crippen molar-refractivity contribution in [2.24, 2.45) is 0 Å². The number of carbonyl (C=O) groups is 1. The van der Waals surface area contributed by atoms with Crippen molar-refractivity contribution in [1.29, 1.82) is 0 Å². The predicted octanol–water partition coefficient (Wildman–Crippen LogP) is 4.37. The van der Waals surface area contributed by atoms with Gasteiger partial charge in [-0.25, -0.2) is 9.18 Å². The Labute approximate surface area is 138 Å². The number of piperidine rings is 1. The van der Waals surface area contributed by atoms with Crippen LogP contribution in [0.5, 0.6) is 5.75 Å². The monoisotopic (exact) mass is 373 g/mol. The van der Waals surface area contributed by atoms with Crippen molar-refractivity contribution in [3.8, 4) is 5.75 Å². The molecular formula is C16H21BrFNO3. The second-order valence-electron chi connectivity index (χ2n) is 6.41. The molecule has 0 spiro atoms. The molecule has 0 saturated carbocycles. The van der Waals surface area contributed by atoms with Crippen molar-refractivity contribution in [3.05, 3.63) is 28.5 Å². The van der Waals surface area contributed by atoms with Gasteiger partial charge >= 0.3 is 6.09 Å². The molecule has 1 fully saturated rings. The van der Waals surface area contributed by atoms with E-state index >= 15 is 0 Å². The van der Waals surface area contributed by atoms with Gasteiger partial charge in [-0.1, -0.05) is 15.9 Å². The molecule has 1 aromatic rings. The summed E-state index contributed by atoms with van der Waals surface area (Å²) < 4.78 is 25.2. The molecule has 1 unspecified atom stereocenters. The van der Waals surface area contributed by atoms with Gasteiger partial charge in [-0.15, -0.1) is 0 Å². The van der Waals surface area contributed by atoms with Crippen molar-refractivity contribution < 1.29 is 18.7 Å². The van der Waals surface area contributed by atoms with Crippen LogP contribution in [0.4, 0.5) is 9.18 Å². The fraction of sp³-hybridized carbons (Fsp3) is 0.562. The maximum absolute atomic E-state index is 13.4. The van der Waals surface area contributed by atoms with E-state index in [1.54, 1.807) is 11.0 Å². The number of carbonyl (C=O) groups excluding carboxylic acids is 1. The molecule has 22 heavy (non-hydrogen) atoms. The van der Waals surface area contributed by atoms with E-state index in [0.717, 1.165) is 12.8 Å². The fourth-order valence-electron chi connectivity index (χ4n) is 2.32. The topological polar surface area (TPSA) is 38.8 Å². The first-order chi connectivity index (χ1) is 10.2. The Morgan fingerprint density at radius 1 is 1.36 bits per heavy atom. The number of benzene rings is 1. The molecule has 1 aromatic carbocycles. The summed E-state index contributed by atoms with van der Waals surface area (Å²) in [6.45, 7) is 6.62. The number of likely N-dealkylation sites (tertiary alicyclic amines) is 1. The summed E-state index contributed by atoms with van der Waals surface area (Å²) in [6.07, 6.45) is 1.17. The van der Waals surface area contributed by atoms with Gasteiger partial charge in [0.2, 0.25) is 0 Å². The maximum Gasteiger partial charge on any atom is 0.410 e. The molecule has 0 N–H and O–H groups in total. The summed E-state index contributed by atoms with van der Waals surface area (Å²) >= 11 is 3.24. The standard InChI is InChI=1S/C16H21BrFNO3/c1-16(2,3)22-15(20)19-6-4-5-13(10-19)21-14-8-11(17)7-12(18)9-14/h7-9,13H,4-6,10H2,1-3H3. The second-order valence-corrected chi connectivity index (χ2v) is 7.33. The van der Waals surface area contributed by atoms with Crippen molar-refractivity contribution in [3.63, 3.8) is 0 Å². The lowest BCUT2D eigenvalue weighted by Gasteiger charge is -2.34. The number of hydrogen-bond donors (Lipinski definition) is 0. The zero-order valence-corrected chi connectivity index (χ0v) is 14.7. The summed E-state index contributed by atoms with van der Waals surface area (Å²) in [5.41, 5.74) is -0.516. The Morgan fingerprint density at radius 2 is 2.09 bits per heavy atom. The number of hydrogen-bond acceptors (Lipinski definition) is 3. The van der Waals surface area contributed by atoms with Gasteiger partial charge in [0.1, 0.15) is 23.3 Å². The van der Waals surface area contributed by atoms with Crippen LogP contribution in [0.3, 0.4) is 0 Å². The lowest BCUT2D eigenvalue weighted by Crippen LogP contribution is -2.46. The van der Waals surface area contributed by atoms with Gasteiger partial charge in [0.25, 0.3) is 0 Å². The van der Waals surface area contributed by atoms with Crippen LogP contribution in [-0.4, -0.2) is 35.8 Å². The van der Waals surface area contributed by atoms with E-state index in [-0.39, 0.29) is 18.0 Å². The predicted molar refractivity (Wildman–Crippen MR) is 85.6 cm³/mol. The molecule has 6 heteroatoms. The molecule has 1 atom stereocenters. The smallest absolute Gasteiger partial charge is 0.410 e. The Balaban J connectivity index is 1.97. The number of halogens is 2. The lowest BCUT2D eigenvalue weighted by molar-refractivity contribution is 0.00771. The van der Waals surface area contributed by atoms with E-state index in [0.29, 0.717) is 23.3 Å². The highest BCUT2D eigenvalue weighted by molar-refractivity contribution is 9.10. The van der Waals surface area contributed by atoms with E-state index in [1.807, 2.05) is 20.8 Å². The van der Waals surface area contributed by atoms with E-state index in [1.165, 1.54) is 12.1 Å². The highest BCUT2D eigenvalue weighted by atomic mass is 79.9. The Hall–Kier alpha value is -1.30. The van der Waals surface area contributed by atoms with Crippen LogP contribution < -0.4 is 4.74 Å². The van der Waals surface area contributed by atoms with Crippen molar-refractivity contribution >= 4 is 22.0 Å². The average molecular weight is 374 g/mol. The van der Waals surface area contributed by atoms with E-state index < -0.39 is 5.60 Å². The molecule has 4 nitrogen and oxygen atoms in total. The maximum atomic E-state index is 13.4. The quantitative estimate of drug-likeness (QED) is 0.772. The van der Waals surface area contributed by atoms with Gasteiger partial charge in [0.05, 0.1) is 6.54 Å². The summed E-state index contributed by atoms with van der Waals surface area (Å²) in [6, 6.07) is 4.44. The first-order valence-corrected chi connectivity index (χ1v) is 8.13. The third-order valence-corrected chi connectivity index (χ3v) is 3.63. The van der Waals surface area contributed by atoms with Crippen molar-refractivity contribution in [2.75, 3.05) is 13.1 Å². The zero-order valence-electron chi connectivity index (χ0n) is 13.1. The number of rotatable bonds is 2. The Morgan fingerprint density at radius 3 is 2.73 bits per heavy atom. The van der Waals surface area contributed by atoms with Gasteiger partial charge in [0.15, 0.2) is 0 Å². The van der Waals surface area contributed by atoms with Crippen molar-refractivity contribution in [1.82, 2.24) is 4.90 Å². The molecular weight excluding hydrogens is 353 g/mol. The van der Waals surface area contributed by atoms with Crippen LogP contribution in [0.1, 0.15) is 33.6 Å². The first-order valence-electron chi connectivity index (χ1n) is 7.33. The molecule has 0 bridgehead atoms. The molecule has 2 rings (SSSR count).